The number of ketones is 1. The Labute approximate surface area is 210 Å². The van der Waals surface area contributed by atoms with Gasteiger partial charge in [0.1, 0.15) is 23.2 Å². The van der Waals surface area contributed by atoms with Crippen molar-refractivity contribution in [3.63, 3.8) is 0 Å². The number of hydrogen-bond donors (Lipinski definition) is 2. The van der Waals surface area contributed by atoms with Crippen LogP contribution in [0.25, 0.3) is 0 Å². The van der Waals surface area contributed by atoms with Crippen molar-refractivity contribution in [1.29, 1.82) is 0 Å². The number of carbonyl (C=O) groups excluding carboxylic acids is 2. The second-order valence-corrected chi connectivity index (χ2v) is 9.64. The molecule has 1 rings (SSSR count). The zero-order chi connectivity index (χ0) is 26.6. The number of rotatable bonds is 15. The summed E-state index contributed by atoms with van der Waals surface area (Å²) in [7, 11) is 1.32. The van der Waals surface area contributed by atoms with E-state index in [1.165, 1.54) is 24.8 Å². The number of phenolic OH excluding ortho intramolecular Hbond substituents is 1. The molecule has 0 aliphatic heterocycles. The van der Waals surface area contributed by atoms with Crippen molar-refractivity contribution >= 4 is 11.8 Å². The third-order valence-corrected chi connectivity index (χ3v) is 5.99. The molecule has 0 bridgehead atoms. The van der Waals surface area contributed by atoms with Gasteiger partial charge in [0.05, 0.1) is 13.5 Å². The van der Waals surface area contributed by atoms with Gasteiger partial charge in [-0.15, -0.1) is 0 Å². The fourth-order valence-corrected chi connectivity index (χ4v) is 3.70. The Morgan fingerprint density at radius 3 is 2.51 bits per heavy atom. The highest BCUT2D eigenvalue weighted by Gasteiger charge is 2.24. The van der Waals surface area contributed by atoms with Gasteiger partial charge in [-0.1, -0.05) is 36.8 Å². The highest BCUT2D eigenvalue weighted by Crippen LogP contribution is 2.30. The molecule has 35 heavy (non-hydrogen) atoms. The molecule has 6 heteroatoms. The summed E-state index contributed by atoms with van der Waals surface area (Å²) in [6.07, 6.45) is 8.41. The molecule has 0 aromatic heterocycles. The molecule has 0 spiro atoms. The maximum Gasteiger partial charge on any atom is 0.310 e. The van der Waals surface area contributed by atoms with E-state index in [0.29, 0.717) is 17.7 Å². The van der Waals surface area contributed by atoms with Gasteiger partial charge in [-0.05, 0) is 84.1 Å². The summed E-state index contributed by atoms with van der Waals surface area (Å²) < 4.78 is 11.0. The number of esters is 1. The van der Waals surface area contributed by atoms with Crippen LogP contribution in [0.5, 0.6) is 11.5 Å². The lowest BCUT2D eigenvalue weighted by Crippen LogP contribution is -2.30. The normalized spacial score (nSPS) is 14.9. The number of aliphatic hydroxyl groups is 1. The average Bonchev–Trinajstić information content (AvgIpc) is 2.79. The number of aliphatic hydroxyl groups excluding tert-OH is 1. The van der Waals surface area contributed by atoms with Gasteiger partial charge >= 0.3 is 5.97 Å². The molecule has 0 saturated carbocycles. The van der Waals surface area contributed by atoms with Crippen LogP contribution in [0, 0.1) is 5.92 Å². The topological polar surface area (TPSA) is 93.1 Å². The lowest BCUT2D eigenvalue weighted by molar-refractivity contribution is -0.139. The van der Waals surface area contributed by atoms with E-state index in [1.54, 1.807) is 18.2 Å². The SMILES string of the molecule is C=C[C@@](C)(CCC=C(C)CCC[C@@H](C)C(=O)[C@H](O)C=C(C)C)Oc1ccc(O)cc1CC(=O)OC. The molecule has 3 atom stereocenters. The van der Waals surface area contributed by atoms with Crippen LogP contribution in [0.1, 0.15) is 72.3 Å². The minimum Gasteiger partial charge on any atom is -0.508 e. The molecular weight excluding hydrogens is 444 g/mol. The van der Waals surface area contributed by atoms with Crippen LogP contribution in [0.3, 0.4) is 0 Å². The highest BCUT2D eigenvalue weighted by atomic mass is 16.5. The quantitative estimate of drug-likeness (QED) is 0.238. The fraction of sp³-hybridized carbons (Fsp3) is 0.517. The second kappa shape index (κ2) is 14.5. The van der Waals surface area contributed by atoms with Crippen molar-refractivity contribution in [2.24, 2.45) is 5.92 Å². The molecule has 6 nitrogen and oxygen atoms in total. The van der Waals surface area contributed by atoms with E-state index in [4.69, 9.17) is 9.47 Å². The number of ether oxygens (including phenoxy) is 2. The smallest absolute Gasteiger partial charge is 0.310 e. The molecule has 0 aliphatic rings. The highest BCUT2D eigenvalue weighted by molar-refractivity contribution is 5.86. The summed E-state index contributed by atoms with van der Waals surface area (Å²) in [4.78, 5) is 24.0. The van der Waals surface area contributed by atoms with Gasteiger partial charge in [-0.3, -0.25) is 9.59 Å². The van der Waals surface area contributed by atoms with Gasteiger partial charge < -0.3 is 19.7 Å². The lowest BCUT2D eigenvalue weighted by atomic mass is 9.93. The Balaban J connectivity index is 2.65. The zero-order valence-electron chi connectivity index (χ0n) is 22.1. The van der Waals surface area contributed by atoms with Gasteiger partial charge in [0.15, 0.2) is 5.78 Å². The van der Waals surface area contributed by atoms with Crippen LogP contribution in [0.2, 0.25) is 0 Å². The predicted molar refractivity (Wildman–Crippen MR) is 140 cm³/mol. The summed E-state index contributed by atoms with van der Waals surface area (Å²) in [6, 6.07) is 4.67. The lowest BCUT2D eigenvalue weighted by Gasteiger charge is -2.28. The molecule has 0 saturated heterocycles. The summed E-state index contributed by atoms with van der Waals surface area (Å²) in [5.74, 6) is -0.174. The maximum absolute atomic E-state index is 12.3. The number of Topliss-reactive ketones (excluding diaryl/α,β-unsaturated/α-hetero) is 1. The van der Waals surface area contributed by atoms with E-state index in [0.717, 1.165) is 31.3 Å². The van der Waals surface area contributed by atoms with Crippen molar-refractivity contribution in [3.05, 3.63) is 59.7 Å². The Morgan fingerprint density at radius 2 is 1.91 bits per heavy atom. The third kappa shape index (κ3) is 11.0. The van der Waals surface area contributed by atoms with Crippen molar-refractivity contribution < 1.29 is 29.3 Å². The number of methoxy groups -OCH3 is 1. The Kier molecular flexibility index (Phi) is 12.5. The maximum atomic E-state index is 12.3. The first-order valence-electron chi connectivity index (χ1n) is 12.1. The van der Waals surface area contributed by atoms with Crippen molar-refractivity contribution in [1.82, 2.24) is 0 Å². The summed E-state index contributed by atoms with van der Waals surface area (Å²) >= 11 is 0. The predicted octanol–water partition coefficient (Wildman–Crippen LogP) is 5.86. The molecule has 0 fully saturated rings. The first-order chi connectivity index (χ1) is 16.4. The molecule has 0 radical (unpaired) electrons. The van der Waals surface area contributed by atoms with Gasteiger partial charge in [0.2, 0.25) is 0 Å². The van der Waals surface area contributed by atoms with Crippen molar-refractivity contribution in [2.45, 2.75) is 84.8 Å². The molecule has 0 aliphatic carbocycles. The Hall–Kier alpha value is -2.86. The molecule has 0 unspecified atom stereocenters. The van der Waals surface area contributed by atoms with Crippen LogP contribution in [0.15, 0.2) is 54.2 Å². The number of hydrogen-bond acceptors (Lipinski definition) is 6. The van der Waals surface area contributed by atoms with Gasteiger partial charge in [-0.2, -0.15) is 0 Å². The molecule has 1 aromatic rings. The Morgan fingerprint density at radius 1 is 1.23 bits per heavy atom. The van der Waals surface area contributed by atoms with E-state index in [9.17, 15) is 19.8 Å². The minimum absolute atomic E-state index is 0.00123. The van der Waals surface area contributed by atoms with E-state index >= 15 is 0 Å². The first kappa shape index (κ1) is 30.2. The average molecular weight is 487 g/mol. The van der Waals surface area contributed by atoms with Crippen LogP contribution in [-0.2, 0) is 20.7 Å². The van der Waals surface area contributed by atoms with E-state index < -0.39 is 17.7 Å². The number of phenols is 1. The van der Waals surface area contributed by atoms with E-state index in [2.05, 4.69) is 19.6 Å². The van der Waals surface area contributed by atoms with Gasteiger partial charge in [-0.25, -0.2) is 0 Å². The monoisotopic (exact) mass is 486 g/mol. The standard InChI is InChI=1S/C29H42O6/c1-8-29(6,35-26-15-14-24(30)18-23(26)19-27(32)34-7)16-10-12-21(4)11-9-13-22(5)28(33)25(31)17-20(2)3/h8,12,14-15,17-18,22,25,30-31H,1,9-11,13,16,19H2,2-7H3/t22-,25-,29+/m1/s1. The number of aromatic hydroxyl groups is 1. The first-order valence-corrected chi connectivity index (χ1v) is 12.1. The molecule has 1 aromatic carbocycles. The molecule has 0 heterocycles. The van der Waals surface area contributed by atoms with E-state index in [-0.39, 0.29) is 23.9 Å². The molecule has 194 valence electrons. The molecule has 2 N–H and O–H groups in total. The zero-order valence-corrected chi connectivity index (χ0v) is 22.1. The minimum atomic E-state index is -1.02. The largest absolute Gasteiger partial charge is 0.508 e. The van der Waals surface area contributed by atoms with Crippen LogP contribution in [-0.4, -0.2) is 40.8 Å². The summed E-state index contributed by atoms with van der Waals surface area (Å²) in [5.41, 5.74) is 2.05. The molecular formula is C29H42O6. The van der Waals surface area contributed by atoms with Crippen LogP contribution >= 0.6 is 0 Å². The van der Waals surface area contributed by atoms with Crippen LogP contribution in [0.4, 0.5) is 0 Å². The molecule has 0 amide bonds. The Bertz CT molecular complexity index is 925. The number of benzene rings is 1. The van der Waals surface area contributed by atoms with Crippen LogP contribution < -0.4 is 4.74 Å². The van der Waals surface area contributed by atoms with Crippen molar-refractivity contribution in [2.75, 3.05) is 7.11 Å². The van der Waals surface area contributed by atoms with Gasteiger partial charge in [0, 0.05) is 11.5 Å². The summed E-state index contributed by atoms with van der Waals surface area (Å²) in [6.45, 7) is 13.5. The number of allylic oxidation sites excluding steroid dienone is 3. The van der Waals surface area contributed by atoms with Gasteiger partial charge in [0.25, 0.3) is 0 Å². The second-order valence-electron chi connectivity index (χ2n) is 9.64. The number of carbonyl (C=O) groups is 2. The fourth-order valence-electron chi connectivity index (χ4n) is 3.70. The van der Waals surface area contributed by atoms with Crippen molar-refractivity contribution in [3.8, 4) is 11.5 Å². The van der Waals surface area contributed by atoms with E-state index in [1.807, 2.05) is 27.7 Å². The summed E-state index contributed by atoms with van der Waals surface area (Å²) in [5, 5.41) is 19.8. The third-order valence-electron chi connectivity index (χ3n) is 5.99.